The Labute approximate surface area is 112 Å². The van der Waals surface area contributed by atoms with Crippen LogP contribution in [-0.4, -0.2) is 39.1 Å². The van der Waals surface area contributed by atoms with Crippen molar-refractivity contribution in [3.63, 3.8) is 0 Å². The van der Waals surface area contributed by atoms with E-state index in [1.165, 1.54) is 13.2 Å². The van der Waals surface area contributed by atoms with E-state index in [1.54, 1.807) is 24.1 Å². The van der Waals surface area contributed by atoms with Crippen molar-refractivity contribution in [2.75, 3.05) is 37.9 Å². The van der Waals surface area contributed by atoms with Gasteiger partial charge >= 0.3 is 5.97 Å². The summed E-state index contributed by atoms with van der Waals surface area (Å²) in [4.78, 5) is 24.9. The Morgan fingerprint density at radius 3 is 2.68 bits per heavy atom. The lowest BCUT2D eigenvalue weighted by Gasteiger charge is -2.21. The van der Waals surface area contributed by atoms with Crippen LogP contribution >= 0.6 is 0 Å². The molecule has 6 heteroatoms. The summed E-state index contributed by atoms with van der Waals surface area (Å²) in [6.07, 6.45) is 0. The van der Waals surface area contributed by atoms with Gasteiger partial charge in [0.15, 0.2) is 0 Å². The number of nitrogens with zero attached hydrogens (tertiary/aromatic N) is 1. The van der Waals surface area contributed by atoms with E-state index in [2.05, 4.69) is 5.32 Å². The van der Waals surface area contributed by atoms with E-state index in [9.17, 15) is 9.59 Å². The number of anilines is 2. The van der Waals surface area contributed by atoms with Crippen molar-refractivity contribution in [1.82, 2.24) is 5.32 Å². The van der Waals surface area contributed by atoms with Gasteiger partial charge in [0.1, 0.15) is 0 Å². The summed E-state index contributed by atoms with van der Waals surface area (Å²) in [5, 5.41) is 2.70. The van der Waals surface area contributed by atoms with Crippen molar-refractivity contribution in [3.05, 3.63) is 23.8 Å². The minimum atomic E-state index is -0.481. The van der Waals surface area contributed by atoms with Gasteiger partial charge in [-0.1, -0.05) is 0 Å². The highest BCUT2D eigenvalue weighted by Gasteiger charge is 2.16. The van der Waals surface area contributed by atoms with Crippen molar-refractivity contribution in [2.24, 2.45) is 0 Å². The Morgan fingerprint density at radius 1 is 1.42 bits per heavy atom. The number of ether oxygens (including phenoxy) is 1. The number of likely N-dealkylation sites (N-methyl/N-ethyl adjacent to an activating group) is 2. The first-order valence-electron chi connectivity index (χ1n) is 5.95. The highest BCUT2D eigenvalue weighted by Crippen LogP contribution is 2.22. The maximum absolute atomic E-state index is 11.7. The van der Waals surface area contributed by atoms with Crippen LogP contribution in [0.25, 0.3) is 0 Å². The van der Waals surface area contributed by atoms with Crippen LogP contribution in [0.2, 0.25) is 0 Å². The molecule has 0 aromatic heterocycles. The number of methoxy groups -OCH3 is 1. The molecular weight excluding hydrogens is 246 g/mol. The molecule has 0 saturated heterocycles. The van der Waals surface area contributed by atoms with E-state index in [0.29, 0.717) is 23.5 Å². The fraction of sp³-hybridized carbons (Fsp3) is 0.385. The maximum Gasteiger partial charge on any atom is 0.340 e. The number of nitrogens with one attached hydrogen (secondary N) is 1. The molecule has 0 bridgehead atoms. The summed E-state index contributed by atoms with van der Waals surface area (Å²) in [7, 11) is 3.03. The van der Waals surface area contributed by atoms with Crippen LogP contribution in [0.1, 0.15) is 17.3 Å². The van der Waals surface area contributed by atoms with E-state index in [4.69, 9.17) is 10.5 Å². The standard InChI is InChI=1S/C13H19N3O3/c1-4-15-12(17)8-16(2)11-6-5-9(14)7-10(11)13(18)19-3/h5-7H,4,8,14H2,1-3H3,(H,15,17). The zero-order chi connectivity index (χ0) is 14.4. The third-order valence-electron chi connectivity index (χ3n) is 2.59. The highest BCUT2D eigenvalue weighted by molar-refractivity contribution is 5.97. The lowest BCUT2D eigenvalue weighted by Crippen LogP contribution is -2.35. The second kappa shape index (κ2) is 6.63. The molecule has 1 amide bonds. The topological polar surface area (TPSA) is 84.7 Å². The number of rotatable bonds is 5. The Morgan fingerprint density at radius 2 is 2.11 bits per heavy atom. The van der Waals surface area contributed by atoms with Crippen LogP contribution in [-0.2, 0) is 9.53 Å². The Hall–Kier alpha value is -2.24. The molecule has 6 nitrogen and oxygen atoms in total. The quantitative estimate of drug-likeness (QED) is 0.602. The molecule has 0 unspecified atom stereocenters. The van der Waals surface area contributed by atoms with Gasteiger partial charge in [0.2, 0.25) is 5.91 Å². The summed E-state index contributed by atoms with van der Waals surface area (Å²) >= 11 is 0. The van der Waals surface area contributed by atoms with Crippen LogP contribution in [0, 0.1) is 0 Å². The van der Waals surface area contributed by atoms with Gasteiger partial charge in [-0.2, -0.15) is 0 Å². The number of nitrogens with two attached hydrogens (primary N) is 1. The summed E-state index contributed by atoms with van der Waals surface area (Å²) in [6.45, 7) is 2.57. The van der Waals surface area contributed by atoms with Crippen molar-refractivity contribution in [3.8, 4) is 0 Å². The molecule has 0 aliphatic rings. The van der Waals surface area contributed by atoms with E-state index < -0.39 is 5.97 Å². The Kier molecular flexibility index (Phi) is 5.17. The van der Waals surface area contributed by atoms with Gasteiger partial charge in [-0.15, -0.1) is 0 Å². The number of nitrogen functional groups attached to an aromatic ring is 1. The number of amides is 1. The molecule has 19 heavy (non-hydrogen) atoms. The fourth-order valence-electron chi connectivity index (χ4n) is 1.71. The van der Waals surface area contributed by atoms with E-state index >= 15 is 0 Å². The molecule has 0 atom stereocenters. The van der Waals surface area contributed by atoms with Gasteiger partial charge in [-0.3, -0.25) is 4.79 Å². The summed E-state index contributed by atoms with van der Waals surface area (Å²) < 4.78 is 4.71. The van der Waals surface area contributed by atoms with Gasteiger partial charge in [0.25, 0.3) is 0 Å². The summed E-state index contributed by atoms with van der Waals surface area (Å²) in [6, 6.07) is 4.91. The molecule has 0 fully saturated rings. The van der Waals surface area contributed by atoms with Crippen LogP contribution in [0.3, 0.4) is 0 Å². The van der Waals surface area contributed by atoms with E-state index in [0.717, 1.165) is 0 Å². The van der Waals surface area contributed by atoms with Crippen LogP contribution in [0.15, 0.2) is 18.2 Å². The first-order chi connectivity index (χ1) is 8.99. The monoisotopic (exact) mass is 265 g/mol. The second-order valence-electron chi connectivity index (χ2n) is 4.08. The molecule has 1 aromatic rings. The van der Waals surface area contributed by atoms with E-state index in [-0.39, 0.29) is 12.5 Å². The summed E-state index contributed by atoms with van der Waals surface area (Å²) in [5.41, 5.74) is 7.08. The molecule has 0 saturated carbocycles. The average Bonchev–Trinajstić information content (AvgIpc) is 2.37. The van der Waals surface area contributed by atoms with Crippen molar-refractivity contribution in [2.45, 2.75) is 6.92 Å². The predicted molar refractivity (Wildman–Crippen MR) is 74.1 cm³/mol. The lowest BCUT2D eigenvalue weighted by atomic mass is 10.1. The van der Waals surface area contributed by atoms with Crippen LogP contribution in [0.4, 0.5) is 11.4 Å². The highest BCUT2D eigenvalue weighted by atomic mass is 16.5. The first-order valence-corrected chi connectivity index (χ1v) is 5.95. The minimum absolute atomic E-state index is 0.113. The average molecular weight is 265 g/mol. The number of esters is 1. The second-order valence-corrected chi connectivity index (χ2v) is 4.08. The third-order valence-corrected chi connectivity index (χ3v) is 2.59. The van der Waals surface area contributed by atoms with Gasteiger partial charge in [0, 0.05) is 19.3 Å². The fourth-order valence-corrected chi connectivity index (χ4v) is 1.71. The smallest absolute Gasteiger partial charge is 0.340 e. The van der Waals surface area contributed by atoms with Crippen LogP contribution in [0.5, 0.6) is 0 Å². The molecular formula is C13H19N3O3. The molecule has 0 radical (unpaired) electrons. The molecule has 1 rings (SSSR count). The number of hydrogen-bond acceptors (Lipinski definition) is 5. The number of hydrogen-bond donors (Lipinski definition) is 2. The molecule has 0 heterocycles. The minimum Gasteiger partial charge on any atom is -0.465 e. The van der Waals surface area contributed by atoms with Gasteiger partial charge < -0.3 is 20.7 Å². The third kappa shape index (κ3) is 3.87. The Balaban J connectivity index is 2.98. The zero-order valence-electron chi connectivity index (χ0n) is 11.4. The Bertz CT molecular complexity index is 474. The first kappa shape index (κ1) is 14.8. The van der Waals surface area contributed by atoms with Crippen molar-refractivity contribution < 1.29 is 14.3 Å². The summed E-state index contributed by atoms with van der Waals surface area (Å²) in [5.74, 6) is -0.595. The molecule has 104 valence electrons. The molecule has 0 aliphatic carbocycles. The molecule has 0 spiro atoms. The predicted octanol–water partition coefficient (Wildman–Crippen LogP) is 0.628. The molecule has 3 N–H and O–H groups in total. The normalized spacial score (nSPS) is 9.84. The van der Waals surface area contributed by atoms with Crippen molar-refractivity contribution >= 4 is 23.3 Å². The molecule has 1 aromatic carbocycles. The van der Waals surface area contributed by atoms with Crippen LogP contribution < -0.4 is 16.0 Å². The molecule has 0 aliphatic heterocycles. The van der Waals surface area contributed by atoms with E-state index in [1.807, 2.05) is 6.92 Å². The van der Waals surface area contributed by atoms with Crippen molar-refractivity contribution in [1.29, 1.82) is 0 Å². The number of benzene rings is 1. The maximum atomic E-state index is 11.7. The lowest BCUT2D eigenvalue weighted by molar-refractivity contribution is -0.119. The van der Waals surface area contributed by atoms with Gasteiger partial charge in [0.05, 0.1) is 24.9 Å². The largest absolute Gasteiger partial charge is 0.465 e. The van der Waals surface area contributed by atoms with Gasteiger partial charge in [-0.25, -0.2) is 4.79 Å². The SMILES string of the molecule is CCNC(=O)CN(C)c1ccc(N)cc1C(=O)OC. The zero-order valence-corrected chi connectivity index (χ0v) is 11.4. The van der Waals surface area contributed by atoms with Gasteiger partial charge in [-0.05, 0) is 25.1 Å². The number of carbonyl (C=O) groups is 2. The number of carbonyl (C=O) groups excluding carboxylic acids is 2.